The quantitative estimate of drug-likeness (QED) is 0.236. The minimum atomic E-state index is -0.116. The summed E-state index contributed by atoms with van der Waals surface area (Å²) in [6.07, 6.45) is 13.6. The van der Waals surface area contributed by atoms with Gasteiger partial charge in [0.25, 0.3) is 0 Å². The number of nitrogens with one attached hydrogen (secondary N) is 1. The lowest BCUT2D eigenvalue weighted by molar-refractivity contribution is -0.190. The number of ether oxygens (including phenoxy) is 1. The number of carbonyl (C=O) groups is 1. The molecule has 0 aromatic heterocycles. The van der Waals surface area contributed by atoms with E-state index in [2.05, 4.69) is 44.6 Å². The van der Waals surface area contributed by atoms with E-state index in [1.807, 2.05) is 0 Å². The van der Waals surface area contributed by atoms with Crippen LogP contribution in [0.3, 0.4) is 0 Å². The Balaban J connectivity index is 1.57. The van der Waals surface area contributed by atoms with Crippen LogP contribution in [0, 0.1) is 57.8 Å². The smallest absolute Gasteiger partial charge is 0.302 e. The second kappa shape index (κ2) is 10.0. The van der Waals surface area contributed by atoms with Gasteiger partial charge < -0.3 is 4.74 Å². The van der Waals surface area contributed by atoms with Crippen LogP contribution in [-0.2, 0) is 9.53 Å². The van der Waals surface area contributed by atoms with E-state index in [0.29, 0.717) is 34.5 Å². The van der Waals surface area contributed by atoms with E-state index in [1.54, 1.807) is 6.92 Å². The second-order valence-corrected chi connectivity index (χ2v) is 13.6. The van der Waals surface area contributed by atoms with Crippen LogP contribution in [0.4, 0.5) is 0 Å². The summed E-state index contributed by atoms with van der Waals surface area (Å²) in [4.78, 5) is 15.6. The largest absolute Gasteiger partial charge is 0.462 e. The number of nitrogens with zero attached hydrogens (tertiary/aromatic N) is 2. The zero-order valence-corrected chi connectivity index (χ0v) is 22.7. The molecule has 6 unspecified atom stereocenters. The molecular weight excluding hydrogens is 422 g/mol. The lowest BCUT2D eigenvalue weighted by Gasteiger charge is -2.62. The van der Waals surface area contributed by atoms with Gasteiger partial charge in [-0.1, -0.05) is 53.9 Å². The van der Waals surface area contributed by atoms with Crippen molar-refractivity contribution in [3.8, 4) is 0 Å². The monoisotopic (exact) mass is 472 g/mol. The molecule has 0 aliphatic heterocycles. The summed E-state index contributed by atoms with van der Waals surface area (Å²) in [6.45, 7) is 13.9. The van der Waals surface area contributed by atoms with Crippen molar-refractivity contribution in [2.75, 3.05) is 0 Å². The summed E-state index contributed by atoms with van der Waals surface area (Å²) in [5.74, 6) is 4.61. The van der Waals surface area contributed by atoms with E-state index >= 15 is 0 Å². The summed E-state index contributed by atoms with van der Waals surface area (Å²) < 4.78 is 6.16. The Morgan fingerprint density at radius 3 is 2.41 bits per heavy atom. The summed E-state index contributed by atoms with van der Waals surface area (Å²) >= 11 is 0. The molecule has 0 heterocycles. The van der Waals surface area contributed by atoms with Crippen LogP contribution in [0.5, 0.6) is 0 Å². The molecule has 34 heavy (non-hydrogen) atoms. The number of hydrogen-bond acceptors (Lipinski definition) is 4. The Morgan fingerprint density at radius 1 is 1.03 bits per heavy atom. The van der Waals surface area contributed by atoms with E-state index < -0.39 is 0 Å². The van der Waals surface area contributed by atoms with Gasteiger partial charge >= 0.3 is 5.97 Å². The van der Waals surface area contributed by atoms with Gasteiger partial charge in [0.2, 0.25) is 4.91 Å². The fourth-order valence-electron chi connectivity index (χ4n) is 9.72. The minimum Gasteiger partial charge on any atom is -0.462 e. The van der Waals surface area contributed by atoms with Crippen LogP contribution in [0.15, 0.2) is 5.11 Å². The first-order chi connectivity index (χ1) is 16.1. The SMILES string of the molecule is CC(=O)OC1C[C@H]2CC(N=[N+]=N)CC[C@]2(C)C2CC[C@@]3(C)C(CC[C@@H]3C(C)CCCC(C)C)C12. The molecule has 0 aromatic carbocycles. The normalized spacial score (nSPS) is 44.4. The Hall–Kier alpha value is -1.22. The fourth-order valence-corrected chi connectivity index (χ4v) is 9.72. The predicted molar refractivity (Wildman–Crippen MR) is 135 cm³/mol. The number of hydrogen-bond donors (Lipinski definition) is 1. The minimum absolute atomic E-state index is 0.0480. The highest BCUT2D eigenvalue weighted by atomic mass is 16.5. The third-order valence-electron chi connectivity index (χ3n) is 11.4. The van der Waals surface area contributed by atoms with Crippen molar-refractivity contribution < 1.29 is 9.53 Å². The Bertz CT molecular complexity index is 792. The highest BCUT2D eigenvalue weighted by Crippen LogP contribution is 2.68. The van der Waals surface area contributed by atoms with Crippen molar-refractivity contribution in [2.45, 2.75) is 124 Å². The van der Waals surface area contributed by atoms with Gasteiger partial charge in [-0.3, -0.25) is 4.79 Å². The van der Waals surface area contributed by atoms with Gasteiger partial charge in [-0.15, -0.1) is 0 Å². The van der Waals surface area contributed by atoms with E-state index in [4.69, 9.17) is 10.3 Å². The van der Waals surface area contributed by atoms with Crippen LogP contribution in [0.1, 0.15) is 112 Å². The van der Waals surface area contributed by atoms with E-state index in [1.165, 1.54) is 51.4 Å². The lowest BCUT2D eigenvalue weighted by Crippen LogP contribution is -2.59. The third kappa shape index (κ3) is 4.63. The van der Waals surface area contributed by atoms with Crippen LogP contribution < -0.4 is 4.91 Å². The highest BCUT2D eigenvalue weighted by molar-refractivity contribution is 5.66. The van der Waals surface area contributed by atoms with Gasteiger partial charge in [-0.25, -0.2) is 0 Å². The summed E-state index contributed by atoms with van der Waals surface area (Å²) in [5.41, 5.74) is 7.89. The van der Waals surface area contributed by atoms with Crippen LogP contribution in [0.25, 0.3) is 0 Å². The van der Waals surface area contributed by atoms with E-state index in [-0.39, 0.29) is 18.1 Å². The Morgan fingerprint density at radius 2 is 1.74 bits per heavy atom. The summed E-state index contributed by atoms with van der Waals surface area (Å²) in [5, 5.41) is 4.21. The molecule has 4 rings (SSSR count). The number of esters is 1. The zero-order chi connectivity index (χ0) is 24.7. The molecule has 192 valence electrons. The topological polar surface area (TPSA) is 76.6 Å². The van der Waals surface area contributed by atoms with Gasteiger partial charge in [0.15, 0.2) is 0 Å². The fraction of sp³-hybridized carbons (Fsp3) is 0.966. The molecule has 4 aliphatic rings. The maximum absolute atomic E-state index is 12.2. The van der Waals surface area contributed by atoms with Gasteiger partial charge in [0.1, 0.15) is 22.8 Å². The van der Waals surface area contributed by atoms with Crippen molar-refractivity contribution in [1.82, 2.24) is 4.91 Å². The highest BCUT2D eigenvalue weighted by Gasteiger charge is 2.64. The molecule has 4 saturated carbocycles. The molecule has 0 bridgehead atoms. The summed E-state index contributed by atoms with van der Waals surface area (Å²) in [7, 11) is 0. The van der Waals surface area contributed by atoms with Crippen molar-refractivity contribution in [2.24, 2.45) is 57.4 Å². The number of carbonyl (C=O) groups excluding carboxylic acids is 1. The molecule has 10 atom stereocenters. The van der Waals surface area contributed by atoms with Crippen molar-refractivity contribution >= 4 is 5.97 Å². The van der Waals surface area contributed by atoms with Gasteiger partial charge in [0, 0.05) is 12.8 Å². The van der Waals surface area contributed by atoms with Crippen LogP contribution in [-0.4, -0.2) is 18.1 Å². The Labute approximate surface area is 207 Å². The first-order valence-corrected chi connectivity index (χ1v) is 14.3. The van der Waals surface area contributed by atoms with Crippen molar-refractivity contribution in [3.63, 3.8) is 0 Å². The van der Waals surface area contributed by atoms with Crippen molar-refractivity contribution in [3.05, 3.63) is 0 Å². The van der Waals surface area contributed by atoms with E-state index in [0.717, 1.165) is 37.0 Å². The molecule has 0 saturated heterocycles. The molecule has 0 amide bonds. The Kier molecular flexibility index (Phi) is 7.63. The maximum atomic E-state index is 12.2. The molecule has 0 radical (unpaired) electrons. The van der Waals surface area contributed by atoms with Crippen LogP contribution in [0.2, 0.25) is 0 Å². The molecule has 5 heteroatoms. The molecule has 5 nitrogen and oxygen atoms in total. The lowest BCUT2D eigenvalue weighted by atomic mass is 9.43. The average Bonchev–Trinajstić information content (AvgIpc) is 3.11. The maximum Gasteiger partial charge on any atom is 0.302 e. The van der Waals surface area contributed by atoms with Gasteiger partial charge in [0.05, 0.1) is 0 Å². The molecular formula is C29H50N3O2+. The molecule has 4 aliphatic carbocycles. The molecule has 0 spiro atoms. The predicted octanol–water partition coefficient (Wildman–Crippen LogP) is 7.57. The second-order valence-electron chi connectivity index (χ2n) is 13.6. The molecule has 4 fully saturated rings. The average molecular weight is 473 g/mol. The third-order valence-corrected chi connectivity index (χ3v) is 11.4. The zero-order valence-electron chi connectivity index (χ0n) is 22.7. The van der Waals surface area contributed by atoms with E-state index in [9.17, 15) is 4.79 Å². The molecule has 1 N–H and O–H groups in total. The van der Waals surface area contributed by atoms with Gasteiger partial charge in [-0.05, 0) is 97.7 Å². The first-order valence-electron chi connectivity index (χ1n) is 14.3. The number of rotatable bonds is 7. The standard InChI is InChI=1S/C29H50N3O2/c1-18(2)8-7-9-19(3)23-10-11-24-27-25(13-15-29(23,24)6)28(5)14-12-22(31-32-30)16-21(28)17-26(27)34-20(4)33/h18-19,21-27,30H,7-17H2,1-6H3/q+1/t19?,21-,22?,23-,24?,25?,26?,27?,28+,29-/m1/s1. The summed E-state index contributed by atoms with van der Waals surface area (Å²) in [6, 6.07) is 0.168. The van der Waals surface area contributed by atoms with Gasteiger partial charge in [-0.2, -0.15) is 0 Å². The first kappa shape index (κ1) is 25.9. The van der Waals surface area contributed by atoms with Crippen LogP contribution >= 0.6 is 0 Å². The number of fused-ring (bicyclic) bond motifs is 5. The molecule has 0 aromatic rings. The van der Waals surface area contributed by atoms with Crippen molar-refractivity contribution in [1.29, 1.82) is 5.53 Å².